The van der Waals surface area contributed by atoms with Crippen molar-refractivity contribution in [2.45, 2.75) is 19.7 Å². The number of nitrogens with zero attached hydrogens (tertiary/aromatic N) is 2. The van der Waals surface area contributed by atoms with Gasteiger partial charge in [-0.1, -0.05) is 42.5 Å². The minimum Gasteiger partial charge on any atom is -0.478 e. The summed E-state index contributed by atoms with van der Waals surface area (Å²) in [5.41, 5.74) is 3.87. The van der Waals surface area contributed by atoms with Gasteiger partial charge in [0.1, 0.15) is 12.5 Å². The van der Waals surface area contributed by atoms with Crippen molar-refractivity contribution in [2.75, 3.05) is 13.4 Å². The maximum absolute atomic E-state index is 5.83. The van der Waals surface area contributed by atoms with Gasteiger partial charge in [0.05, 0.1) is 19.8 Å². The number of hydrogen-bond donors (Lipinski definition) is 0. The van der Waals surface area contributed by atoms with Crippen molar-refractivity contribution in [3.8, 4) is 5.75 Å². The quantitative estimate of drug-likeness (QED) is 0.845. The largest absolute Gasteiger partial charge is 0.478 e. The van der Waals surface area contributed by atoms with Gasteiger partial charge in [-0.15, -0.1) is 0 Å². The second-order valence-electron chi connectivity index (χ2n) is 5.53. The maximum Gasteiger partial charge on any atom is 0.143 e. The van der Waals surface area contributed by atoms with Gasteiger partial charge in [-0.3, -0.25) is 9.74 Å². The van der Waals surface area contributed by atoms with Crippen LogP contribution in [0.2, 0.25) is 0 Å². The maximum atomic E-state index is 5.83. The van der Waals surface area contributed by atoms with Gasteiger partial charge in [0, 0.05) is 12.1 Å². The van der Waals surface area contributed by atoms with E-state index >= 15 is 0 Å². The number of hydroxylamine groups is 2. The monoisotopic (exact) mass is 282 g/mol. The molecule has 0 saturated heterocycles. The number of ether oxygens (including phenoxy) is 1. The SMILES string of the molecule is c1ccc2c(c1)CON(CN1COc3ccccc3C1)C2. The van der Waals surface area contributed by atoms with Crippen molar-refractivity contribution in [2.24, 2.45) is 0 Å². The third kappa shape index (κ3) is 2.65. The first-order valence-electron chi connectivity index (χ1n) is 7.26. The van der Waals surface area contributed by atoms with Gasteiger partial charge in [0.15, 0.2) is 0 Å². The van der Waals surface area contributed by atoms with E-state index in [2.05, 4.69) is 41.3 Å². The van der Waals surface area contributed by atoms with E-state index in [1.165, 1.54) is 16.7 Å². The van der Waals surface area contributed by atoms with Gasteiger partial charge in [-0.25, -0.2) is 0 Å². The van der Waals surface area contributed by atoms with Crippen LogP contribution in [0.1, 0.15) is 16.7 Å². The fourth-order valence-corrected chi connectivity index (χ4v) is 2.88. The van der Waals surface area contributed by atoms with Gasteiger partial charge >= 0.3 is 0 Å². The predicted molar refractivity (Wildman–Crippen MR) is 79.1 cm³/mol. The fraction of sp³-hybridized carbons (Fsp3) is 0.294. The van der Waals surface area contributed by atoms with E-state index in [-0.39, 0.29) is 0 Å². The molecule has 2 aliphatic heterocycles. The summed E-state index contributed by atoms with van der Waals surface area (Å²) < 4.78 is 5.79. The Morgan fingerprint density at radius 2 is 1.62 bits per heavy atom. The smallest absolute Gasteiger partial charge is 0.143 e. The van der Waals surface area contributed by atoms with Crippen molar-refractivity contribution < 1.29 is 9.57 Å². The molecular weight excluding hydrogens is 264 g/mol. The molecule has 2 heterocycles. The van der Waals surface area contributed by atoms with E-state index in [0.717, 1.165) is 25.5 Å². The molecule has 0 spiro atoms. The Hall–Kier alpha value is -1.88. The molecule has 0 aromatic heterocycles. The number of fused-ring (bicyclic) bond motifs is 2. The highest BCUT2D eigenvalue weighted by atomic mass is 16.7. The molecule has 0 N–H and O–H groups in total. The normalized spacial score (nSPS) is 18.7. The van der Waals surface area contributed by atoms with E-state index in [1.807, 2.05) is 17.2 Å². The molecule has 4 rings (SSSR count). The second-order valence-corrected chi connectivity index (χ2v) is 5.53. The minimum atomic E-state index is 0.610. The number of para-hydroxylation sites is 1. The summed E-state index contributed by atoms with van der Waals surface area (Å²) in [5, 5.41) is 2.01. The Labute approximate surface area is 124 Å². The van der Waals surface area contributed by atoms with Crippen molar-refractivity contribution in [1.82, 2.24) is 9.96 Å². The molecular formula is C17H18N2O2. The van der Waals surface area contributed by atoms with Gasteiger partial charge < -0.3 is 4.74 Å². The second kappa shape index (κ2) is 5.48. The highest BCUT2D eigenvalue weighted by Crippen LogP contribution is 2.25. The molecule has 2 aromatic carbocycles. The Morgan fingerprint density at radius 3 is 2.52 bits per heavy atom. The van der Waals surface area contributed by atoms with Crippen molar-refractivity contribution in [1.29, 1.82) is 0 Å². The summed E-state index contributed by atoms with van der Waals surface area (Å²) in [4.78, 5) is 8.08. The van der Waals surface area contributed by atoms with Gasteiger partial charge in [0.2, 0.25) is 0 Å². The van der Waals surface area contributed by atoms with E-state index in [0.29, 0.717) is 13.3 Å². The molecule has 0 bridgehead atoms. The standard InChI is InChI=1S/C17H18N2O2/c1-2-7-16-11-21-19(10-14(16)5-1)12-18-9-15-6-3-4-8-17(15)20-13-18/h1-8H,9-13H2. The van der Waals surface area contributed by atoms with Crippen LogP contribution in [0.5, 0.6) is 5.75 Å². The Balaban J connectivity index is 1.42. The lowest BCUT2D eigenvalue weighted by Gasteiger charge is -2.35. The Morgan fingerprint density at radius 1 is 0.857 bits per heavy atom. The summed E-state index contributed by atoms with van der Waals surface area (Å²) in [5.74, 6) is 0.999. The van der Waals surface area contributed by atoms with Crippen molar-refractivity contribution >= 4 is 0 Å². The van der Waals surface area contributed by atoms with Gasteiger partial charge in [0.25, 0.3) is 0 Å². The molecule has 2 aliphatic rings. The zero-order chi connectivity index (χ0) is 14.1. The molecule has 4 nitrogen and oxygen atoms in total. The molecule has 0 unspecified atom stereocenters. The van der Waals surface area contributed by atoms with E-state index in [1.54, 1.807) is 0 Å². The average molecular weight is 282 g/mol. The molecule has 0 atom stereocenters. The third-order valence-electron chi connectivity index (χ3n) is 3.99. The van der Waals surface area contributed by atoms with Crippen molar-refractivity contribution in [3.05, 3.63) is 65.2 Å². The average Bonchev–Trinajstić information content (AvgIpc) is 2.55. The van der Waals surface area contributed by atoms with Crippen LogP contribution in [0.4, 0.5) is 0 Å². The molecule has 0 aliphatic carbocycles. The summed E-state index contributed by atoms with van der Waals surface area (Å²) in [6, 6.07) is 16.7. The van der Waals surface area contributed by atoms with Crippen LogP contribution in [0.3, 0.4) is 0 Å². The molecule has 108 valence electrons. The Kier molecular flexibility index (Phi) is 3.35. The zero-order valence-corrected chi connectivity index (χ0v) is 11.9. The molecule has 21 heavy (non-hydrogen) atoms. The molecule has 0 saturated carbocycles. The summed E-state index contributed by atoms with van der Waals surface area (Å²) >= 11 is 0. The first-order valence-corrected chi connectivity index (χ1v) is 7.26. The molecule has 0 radical (unpaired) electrons. The lowest BCUT2D eigenvalue weighted by molar-refractivity contribution is -0.214. The highest BCUT2D eigenvalue weighted by molar-refractivity contribution is 5.34. The van der Waals surface area contributed by atoms with E-state index in [9.17, 15) is 0 Å². The van der Waals surface area contributed by atoms with Crippen LogP contribution in [-0.2, 0) is 24.5 Å². The van der Waals surface area contributed by atoms with Crippen LogP contribution in [0, 0.1) is 0 Å². The Bertz CT molecular complexity index is 589. The summed E-state index contributed by atoms with van der Waals surface area (Å²) in [6.45, 7) is 3.74. The van der Waals surface area contributed by atoms with Gasteiger partial charge in [-0.05, 0) is 17.2 Å². The number of rotatable bonds is 2. The topological polar surface area (TPSA) is 24.9 Å². The number of hydrogen-bond acceptors (Lipinski definition) is 4. The summed E-state index contributed by atoms with van der Waals surface area (Å²) in [6.07, 6.45) is 0. The van der Waals surface area contributed by atoms with Crippen LogP contribution in [0.15, 0.2) is 48.5 Å². The lowest BCUT2D eigenvalue weighted by Crippen LogP contribution is -2.42. The molecule has 2 aromatic rings. The molecule has 0 amide bonds. The van der Waals surface area contributed by atoms with Gasteiger partial charge in [-0.2, -0.15) is 5.06 Å². The van der Waals surface area contributed by atoms with Crippen LogP contribution >= 0.6 is 0 Å². The molecule has 4 heteroatoms. The third-order valence-corrected chi connectivity index (χ3v) is 3.99. The molecule has 0 fully saturated rings. The zero-order valence-electron chi connectivity index (χ0n) is 11.9. The summed E-state index contributed by atoms with van der Waals surface area (Å²) in [7, 11) is 0. The highest BCUT2D eigenvalue weighted by Gasteiger charge is 2.22. The van der Waals surface area contributed by atoms with Crippen LogP contribution in [0.25, 0.3) is 0 Å². The first kappa shape index (κ1) is 12.8. The lowest BCUT2D eigenvalue weighted by atomic mass is 10.1. The van der Waals surface area contributed by atoms with Crippen LogP contribution in [-0.4, -0.2) is 23.4 Å². The minimum absolute atomic E-state index is 0.610. The van der Waals surface area contributed by atoms with E-state index in [4.69, 9.17) is 9.57 Å². The first-order chi connectivity index (χ1) is 10.4. The fourth-order valence-electron chi connectivity index (χ4n) is 2.88. The van der Waals surface area contributed by atoms with E-state index < -0.39 is 0 Å². The van der Waals surface area contributed by atoms with Crippen LogP contribution < -0.4 is 4.74 Å². The van der Waals surface area contributed by atoms with Crippen molar-refractivity contribution in [3.63, 3.8) is 0 Å². The number of benzene rings is 2. The predicted octanol–water partition coefficient (Wildman–Crippen LogP) is 2.74.